The van der Waals surface area contributed by atoms with Crippen molar-refractivity contribution in [2.75, 3.05) is 27.2 Å². The summed E-state index contributed by atoms with van der Waals surface area (Å²) in [6.07, 6.45) is 15.7. The van der Waals surface area contributed by atoms with E-state index in [2.05, 4.69) is 18.7 Å². The zero-order valence-electron chi connectivity index (χ0n) is 21.3. The fourth-order valence-corrected chi connectivity index (χ4v) is 3.70. The standard InChI is InChI=1S/C26H51NO4/c1-6-8-10-12-14-18-24(19-15-13-11-9-7-2)26(29)30-22-23(3)31-25(28)20-16-17-21-27(4)5/h23-24H,6-22H2,1-5H3. The van der Waals surface area contributed by atoms with Gasteiger partial charge in [-0.05, 0) is 53.2 Å². The van der Waals surface area contributed by atoms with Gasteiger partial charge in [0.15, 0.2) is 0 Å². The van der Waals surface area contributed by atoms with E-state index in [0.29, 0.717) is 6.42 Å². The molecule has 0 aromatic carbocycles. The number of carbonyl (C=O) groups is 2. The van der Waals surface area contributed by atoms with Crippen LogP contribution < -0.4 is 0 Å². The van der Waals surface area contributed by atoms with Crippen molar-refractivity contribution in [2.45, 2.75) is 123 Å². The zero-order chi connectivity index (χ0) is 23.3. The Balaban J connectivity index is 4.25. The van der Waals surface area contributed by atoms with E-state index >= 15 is 0 Å². The highest BCUT2D eigenvalue weighted by molar-refractivity contribution is 5.72. The summed E-state index contributed by atoms with van der Waals surface area (Å²) in [5.41, 5.74) is 0. The molecule has 0 heterocycles. The Morgan fingerprint density at radius 1 is 0.774 bits per heavy atom. The third-order valence-electron chi connectivity index (χ3n) is 5.67. The summed E-state index contributed by atoms with van der Waals surface area (Å²) >= 11 is 0. The SMILES string of the molecule is CCCCCCCC(CCCCCCC)C(=O)OCC(C)OC(=O)CCCCN(C)C. The molecule has 0 N–H and O–H groups in total. The van der Waals surface area contributed by atoms with E-state index in [1.807, 2.05) is 14.1 Å². The Kier molecular flexibility index (Phi) is 20.0. The minimum atomic E-state index is -0.389. The predicted molar refractivity (Wildman–Crippen MR) is 129 cm³/mol. The second-order valence-electron chi connectivity index (χ2n) is 9.29. The van der Waals surface area contributed by atoms with Gasteiger partial charge in [0.2, 0.25) is 0 Å². The quantitative estimate of drug-likeness (QED) is 0.150. The third-order valence-corrected chi connectivity index (χ3v) is 5.67. The second-order valence-corrected chi connectivity index (χ2v) is 9.29. The summed E-state index contributed by atoms with van der Waals surface area (Å²) in [5.74, 6) is -0.331. The first-order valence-corrected chi connectivity index (χ1v) is 12.9. The van der Waals surface area contributed by atoms with Gasteiger partial charge in [-0.1, -0.05) is 78.1 Å². The fourth-order valence-electron chi connectivity index (χ4n) is 3.70. The van der Waals surface area contributed by atoms with Crippen LogP contribution in [-0.2, 0) is 19.1 Å². The molecule has 0 aliphatic rings. The van der Waals surface area contributed by atoms with E-state index in [1.165, 1.54) is 51.4 Å². The normalized spacial score (nSPS) is 12.4. The van der Waals surface area contributed by atoms with Crippen LogP contribution in [0.1, 0.15) is 117 Å². The van der Waals surface area contributed by atoms with Crippen LogP contribution >= 0.6 is 0 Å². The van der Waals surface area contributed by atoms with Gasteiger partial charge >= 0.3 is 11.9 Å². The van der Waals surface area contributed by atoms with Gasteiger partial charge in [0.05, 0.1) is 5.92 Å². The molecule has 0 aliphatic carbocycles. The number of unbranched alkanes of at least 4 members (excludes halogenated alkanes) is 9. The number of nitrogens with zero attached hydrogens (tertiary/aromatic N) is 1. The Morgan fingerprint density at radius 2 is 1.32 bits per heavy atom. The van der Waals surface area contributed by atoms with E-state index < -0.39 is 0 Å². The van der Waals surface area contributed by atoms with Crippen LogP contribution in [0.25, 0.3) is 0 Å². The van der Waals surface area contributed by atoms with Crippen molar-refractivity contribution < 1.29 is 19.1 Å². The van der Waals surface area contributed by atoms with Gasteiger partial charge in [-0.25, -0.2) is 0 Å². The van der Waals surface area contributed by atoms with Crippen molar-refractivity contribution in [3.8, 4) is 0 Å². The van der Waals surface area contributed by atoms with Crippen LogP contribution in [0.4, 0.5) is 0 Å². The smallest absolute Gasteiger partial charge is 0.309 e. The molecule has 0 fully saturated rings. The molecule has 1 unspecified atom stereocenters. The van der Waals surface area contributed by atoms with Gasteiger partial charge in [0, 0.05) is 6.42 Å². The van der Waals surface area contributed by atoms with Crippen molar-refractivity contribution in [1.82, 2.24) is 4.90 Å². The van der Waals surface area contributed by atoms with Crippen LogP contribution in [0, 0.1) is 5.92 Å². The van der Waals surface area contributed by atoms with E-state index in [-0.39, 0.29) is 30.6 Å². The lowest BCUT2D eigenvalue weighted by atomic mass is 9.94. The Labute approximate surface area is 192 Å². The Bertz CT molecular complexity index is 425. The highest BCUT2D eigenvalue weighted by atomic mass is 16.6. The molecule has 0 aliphatic heterocycles. The van der Waals surface area contributed by atoms with Crippen molar-refractivity contribution in [3.63, 3.8) is 0 Å². The molecule has 1 atom stereocenters. The van der Waals surface area contributed by atoms with Crippen molar-refractivity contribution in [2.24, 2.45) is 5.92 Å². The molecule has 184 valence electrons. The number of ether oxygens (including phenoxy) is 2. The number of esters is 2. The van der Waals surface area contributed by atoms with Crippen molar-refractivity contribution >= 4 is 11.9 Å². The van der Waals surface area contributed by atoms with Gasteiger partial charge < -0.3 is 14.4 Å². The van der Waals surface area contributed by atoms with E-state index in [9.17, 15) is 9.59 Å². The number of carbonyl (C=O) groups excluding carboxylic acids is 2. The van der Waals surface area contributed by atoms with E-state index in [1.54, 1.807) is 6.92 Å². The van der Waals surface area contributed by atoms with Crippen LogP contribution in [0.15, 0.2) is 0 Å². The van der Waals surface area contributed by atoms with Crippen LogP contribution in [0.3, 0.4) is 0 Å². The highest BCUT2D eigenvalue weighted by Crippen LogP contribution is 2.20. The summed E-state index contributed by atoms with van der Waals surface area (Å²) < 4.78 is 11.0. The minimum absolute atomic E-state index is 0.0165. The lowest BCUT2D eigenvalue weighted by molar-refractivity contribution is -0.160. The maximum Gasteiger partial charge on any atom is 0.309 e. The Hall–Kier alpha value is -1.10. The fraction of sp³-hybridized carbons (Fsp3) is 0.923. The lowest BCUT2D eigenvalue weighted by Gasteiger charge is -2.18. The summed E-state index contributed by atoms with van der Waals surface area (Å²) in [6, 6.07) is 0. The third kappa shape index (κ3) is 19.3. The first-order chi connectivity index (χ1) is 14.9. The molecule has 5 nitrogen and oxygen atoms in total. The number of rotatable bonds is 21. The average Bonchev–Trinajstić information content (AvgIpc) is 2.73. The van der Waals surface area contributed by atoms with Crippen LogP contribution in [0.5, 0.6) is 0 Å². The van der Waals surface area contributed by atoms with Gasteiger partial charge in [0.25, 0.3) is 0 Å². The average molecular weight is 442 g/mol. The first-order valence-electron chi connectivity index (χ1n) is 12.9. The lowest BCUT2D eigenvalue weighted by Crippen LogP contribution is -2.26. The maximum absolute atomic E-state index is 12.7. The Morgan fingerprint density at radius 3 is 1.84 bits per heavy atom. The largest absolute Gasteiger partial charge is 0.462 e. The molecular weight excluding hydrogens is 390 g/mol. The molecule has 0 radical (unpaired) electrons. The van der Waals surface area contributed by atoms with Crippen LogP contribution in [-0.4, -0.2) is 50.2 Å². The minimum Gasteiger partial charge on any atom is -0.462 e. The molecule has 0 saturated carbocycles. The molecular formula is C26H51NO4. The summed E-state index contributed by atoms with van der Waals surface area (Å²) in [6.45, 7) is 7.36. The number of hydrogen-bond acceptors (Lipinski definition) is 5. The maximum atomic E-state index is 12.7. The first kappa shape index (κ1) is 29.9. The van der Waals surface area contributed by atoms with Crippen LogP contribution in [0.2, 0.25) is 0 Å². The molecule has 0 saturated heterocycles. The summed E-state index contributed by atoms with van der Waals surface area (Å²) in [5, 5.41) is 0. The molecule has 31 heavy (non-hydrogen) atoms. The summed E-state index contributed by atoms with van der Waals surface area (Å²) in [7, 11) is 4.05. The van der Waals surface area contributed by atoms with Gasteiger partial charge in [-0.15, -0.1) is 0 Å². The molecule has 5 heteroatoms. The summed E-state index contributed by atoms with van der Waals surface area (Å²) in [4.78, 5) is 26.7. The van der Waals surface area contributed by atoms with Crippen molar-refractivity contribution in [1.29, 1.82) is 0 Å². The molecule has 0 bridgehead atoms. The molecule has 0 spiro atoms. The highest BCUT2D eigenvalue weighted by Gasteiger charge is 2.21. The monoisotopic (exact) mass is 441 g/mol. The van der Waals surface area contributed by atoms with Crippen molar-refractivity contribution in [3.05, 3.63) is 0 Å². The topological polar surface area (TPSA) is 55.8 Å². The second kappa shape index (κ2) is 20.8. The van der Waals surface area contributed by atoms with Gasteiger partial charge in [0.1, 0.15) is 12.7 Å². The van der Waals surface area contributed by atoms with E-state index in [0.717, 1.165) is 45.1 Å². The molecule has 0 amide bonds. The molecule has 0 aromatic rings. The number of hydrogen-bond donors (Lipinski definition) is 0. The van der Waals surface area contributed by atoms with Gasteiger partial charge in [-0.3, -0.25) is 9.59 Å². The van der Waals surface area contributed by atoms with Gasteiger partial charge in [-0.2, -0.15) is 0 Å². The zero-order valence-corrected chi connectivity index (χ0v) is 21.3. The predicted octanol–water partition coefficient (Wildman–Crippen LogP) is 6.53. The molecule has 0 rings (SSSR count). The molecule has 0 aromatic heterocycles. The van der Waals surface area contributed by atoms with E-state index in [4.69, 9.17) is 9.47 Å².